The van der Waals surface area contributed by atoms with Crippen LogP contribution in [0.1, 0.15) is 12.8 Å². The van der Waals surface area contributed by atoms with Crippen molar-refractivity contribution in [1.82, 2.24) is 10.6 Å². The van der Waals surface area contributed by atoms with Crippen molar-refractivity contribution in [2.24, 2.45) is 4.99 Å². The smallest absolute Gasteiger partial charge is 0.356 e. The topological polar surface area (TPSA) is 36.4 Å². The maximum absolute atomic E-state index is 11.8. The summed E-state index contributed by atoms with van der Waals surface area (Å²) in [4.78, 5) is 3.49. The van der Waals surface area contributed by atoms with Gasteiger partial charge in [0.25, 0.3) is 0 Å². The van der Waals surface area contributed by atoms with Crippen LogP contribution in [0.3, 0.4) is 0 Å². The molecule has 0 fully saturated rings. The zero-order valence-corrected chi connectivity index (χ0v) is 11.8. The predicted octanol–water partition coefficient (Wildman–Crippen LogP) is 2.67. The lowest BCUT2D eigenvalue weighted by atomic mass is 10.4. The minimum atomic E-state index is -4.31. The Kier molecular flexibility index (Phi) is 9.56. The molecule has 0 amide bonds. The van der Waals surface area contributed by atoms with Crippen LogP contribution in [0.25, 0.3) is 0 Å². The van der Waals surface area contributed by atoms with Crippen LogP contribution in [0.15, 0.2) is 4.99 Å². The van der Waals surface area contributed by atoms with Crippen molar-refractivity contribution < 1.29 is 26.3 Å². The van der Waals surface area contributed by atoms with Gasteiger partial charge < -0.3 is 10.6 Å². The van der Waals surface area contributed by atoms with Gasteiger partial charge in [-0.25, -0.2) is 0 Å². The van der Waals surface area contributed by atoms with E-state index in [1.54, 1.807) is 0 Å². The van der Waals surface area contributed by atoms with Gasteiger partial charge in [0.2, 0.25) is 0 Å². The van der Waals surface area contributed by atoms with E-state index in [0.717, 1.165) is 0 Å². The van der Waals surface area contributed by atoms with Gasteiger partial charge in [-0.3, -0.25) is 4.99 Å². The van der Waals surface area contributed by atoms with Gasteiger partial charge in [0.1, 0.15) is 0 Å². The zero-order chi connectivity index (χ0) is 13.5. The van der Waals surface area contributed by atoms with Gasteiger partial charge in [0, 0.05) is 20.1 Å². The number of guanidine groups is 1. The summed E-state index contributed by atoms with van der Waals surface area (Å²) >= 11 is 0. The van der Waals surface area contributed by atoms with Crippen LogP contribution < -0.4 is 10.6 Å². The monoisotopic (exact) mass is 393 g/mol. The first kappa shape index (κ1) is 19.9. The molecule has 0 aliphatic carbocycles. The standard InChI is InChI=1S/C8H13F6N3.HI/c1-15-6(16-4-2-7(9,10)11)17-5-3-8(12,13)14;/h2-5H2,1H3,(H2,15,16,17);1H. The fourth-order valence-electron chi connectivity index (χ4n) is 0.866. The molecule has 3 nitrogen and oxygen atoms in total. The lowest BCUT2D eigenvalue weighted by molar-refractivity contribution is -0.133. The molecule has 0 aromatic heterocycles. The number of nitrogens with one attached hydrogen (secondary N) is 2. The van der Waals surface area contributed by atoms with Gasteiger partial charge in [-0.2, -0.15) is 26.3 Å². The van der Waals surface area contributed by atoms with E-state index in [9.17, 15) is 26.3 Å². The molecule has 0 saturated carbocycles. The quantitative estimate of drug-likeness (QED) is 0.334. The maximum atomic E-state index is 11.8. The highest BCUT2D eigenvalue weighted by Crippen LogP contribution is 2.18. The number of nitrogens with zero attached hydrogens (tertiary/aromatic N) is 1. The van der Waals surface area contributed by atoms with E-state index in [1.807, 2.05) is 0 Å². The molecular formula is C8H14F6IN3. The Bertz CT molecular complexity index is 228. The fraction of sp³-hybridized carbons (Fsp3) is 0.875. The molecule has 0 aliphatic rings. The summed E-state index contributed by atoms with van der Waals surface area (Å²) in [6.07, 6.45) is -10.8. The normalized spacial score (nSPS) is 11.5. The minimum Gasteiger partial charge on any atom is -0.356 e. The zero-order valence-electron chi connectivity index (χ0n) is 9.45. The SMILES string of the molecule is CN=C(NCCC(F)(F)F)NCCC(F)(F)F.I. The largest absolute Gasteiger partial charge is 0.390 e. The van der Waals surface area contributed by atoms with Crippen LogP contribution in [0.5, 0.6) is 0 Å². The van der Waals surface area contributed by atoms with Crippen LogP contribution in [0.2, 0.25) is 0 Å². The van der Waals surface area contributed by atoms with Crippen molar-refractivity contribution in [2.45, 2.75) is 25.2 Å². The molecule has 2 N–H and O–H groups in total. The number of halogens is 7. The molecule has 10 heteroatoms. The van der Waals surface area contributed by atoms with Crippen LogP contribution in [0.4, 0.5) is 26.3 Å². The van der Waals surface area contributed by atoms with E-state index in [4.69, 9.17) is 0 Å². The molecule has 0 radical (unpaired) electrons. The Morgan fingerprint density at radius 1 is 0.889 bits per heavy atom. The highest BCUT2D eigenvalue weighted by molar-refractivity contribution is 14.0. The van der Waals surface area contributed by atoms with E-state index in [-0.39, 0.29) is 29.9 Å². The van der Waals surface area contributed by atoms with E-state index in [2.05, 4.69) is 15.6 Å². The first-order chi connectivity index (χ1) is 7.64. The van der Waals surface area contributed by atoms with Crippen LogP contribution in [-0.2, 0) is 0 Å². The van der Waals surface area contributed by atoms with Crippen molar-refractivity contribution in [1.29, 1.82) is 0 Å². The summed E-state index contributed by atoms with van der Waals surface area (Å²) in [7, 11) is 1.26. The molecule has 18 heavy (non-hydrogen) atoms. The third kappa shape index (κ3) is 13.6. The number of aliphatic imine (C=N–C) groups is 1. The van der Waals surface area contributed by atoms with Crippen molar-refractivity contribution in [3.05, 3.63) is 0 Å². The number of hydrogen-bond donors (Lipinski definition) is 2. The Morgan fingerprint density at radius 3 is 1.44 bits per heavy atom. The van der Waals surface area contributed by atoms with Crippen LogP contribution in [0, 0.1) is 0 Å². The fourth-order valence-corrected chi connectivity index (χ4v) is 0.866. The second-order valence-electron chi connectivity index (χ2n) is 3.16. The van der Waals surface area contributed by atoms with Gasteiger partial charge in [0.15, 0.2) is 5.96 Å². The van der Waals surface area contributed by atoms with Gasteiger partial charge in [-0.05, 0) is 0 Å². The summed E-state index contributed by atoms with van der Waals surface area (Å²) in [5.74, 6) is -0.0847. The van der Waals surface area contributed by atoms with E-state index >= 15 is 0 Å². The van der Waals surface area contributed by atoms with Gasteiger partial charge in [0.05, 0.1) is 12.8 Å². The van der Waals surface area contributed by atoms with Gasteiger partial charge >= 0.3 is 12.4 Å². The lowest BCUT2D eigenvalue weighted by Crippen LogP contribution is -2.40. The molecule has 0 spiro atoms. The molecule has 0 aromatic rings. The highest BCUT2D eigenvalue weighted by Gasteiger charge is 2.27. The Morgan fingerprint density at radius 2 is 1.22 bits per heavy atom. The summed E-state index contributed by atoms with van der Waals surface area (Å²) in [6, 6.07) is 0. The van der Waals surface area contributed by atoms with Crippen molar-refractivity contribution >= 4 is 29.9 Å². The average molecular weight is 393 g/mol. The van der Waals surface area contributed by atoms with Crippen LogP contribution in [-0.4, -0.2) is 38.4 Å². The second kappa shape index (κ2) is 8.64. The molecule has 110 valence electrons. The number of alkyl halides is 6. The van der Waals surface area contributed by atoms with Gasteiger partial charge in [-0.1, -0.05) is 0 Å². The molecule has 0 rings (SSSR count). The van der Waals surface area contributed by atoms with E-state index < -0.39 is 38.3 Å². The highest BCUT2D eigenvalue weighted by atomic mass is 127. The Hall–Kier alpha value is -0.420. The molecule has 0 heterocycles. The lowest BCUT2D eigenvalue weighted by Gasteiger charge is -2.13. The first-order valence-electron chi connectivity index (χ1n) is 4.72. The summed E-state index contributed by atoms with van der Waals surface area (Å²) in [6.45, 7) is -0.871. The predicted molar refractivity (Wildman–Crippen MR) is 66.1 cm³/mol. The molecular weight excluding hydrogens is 379 g/mol. The summed E-state index contributed by atoms with van der Waals surface area (Å²) < 4.78 is 70.6. The molecule has 0 unspecified atom stereocenters. The van der Waals surface area contributed by atoms with Crippen molar-refractivity contribution in [3.63, 3.8) is 0 Å². The second-order valence-corrected chi connectivity index (χ2v) is 3.16. The molecule has 0 bridgehead atoms. The van der Waals surface area contributed by atoms with Crippen LogP contribution >= 0.6 is 24.0 Å². The Balaban J connectivity index is 0. The third-order valence-electron chi connectivity index (χ3n) is 1.63. The molecule has 0 saturated heterocycles. The van der Waals surface area contributed by atoms with E-state index in [0.29, 0.717) is 0 Å². The minimum absolute atomic E-state index is 0. The third-order valence-corrected chi connectivity index (χ3v) is 1.63. The molecule has 0 atom stereocenters. The Labute approximate surface area is 117 Å². The van der Waals surface area contributed by atoms with Crippen molar-refractivity contribution in [3.8, 4) is 0 Å². The van der Waals surface area contributed by atoms with Gasteiger partial charge in [-0.15, -0.1) is 24.0 Å². The van der Waals surface area contributed by atoms with E-state index in [1.165, 1.54) is 7.05 Å². The number of rotatable bonds is 4. The number of hydrogen-bond acceptors (Lipinski definition) is 1. The molecule has 0 aliphatic heterocycles. The van der Waals surface area contributed by atoms with Crippen molar-refractivity contribution in [2.75, 3.05) is 20.1 Å². The first-order valence-corrected chi connectivity index (χ1v) is 4.72. The summed E-state index contributed by atoms with van der Waals surface area (Å²) in [5.41, 5.74) is 0. The average Bonchev–Trinajstić information content (AvgIpc) is 2.11. The molecule has 0 aromatic carbocycles. The maximum Gasteiger partial charge on any atom is 0.390 e. The summed E-state index contributed by atoms with van der Waals surface area (Å²) in [5, 5.41) is 4.53.